The molecule has 0 aromatic rings. The van der Waals surface area contributed by atoms with Gasteiger partial charge < -0.3 is 0 Å². The monoisotopic (exact) mass is 436 g/mol. The van der Waals surface area contributed by atoms with Crippen LogP contribution in [0.25, 0.3) is 0 Å². The molecule has 0 radical (unpaired) electrons. The van der Waals surface area contributed by atoms with Crippen LogP contribution in [0.5, 0.6) is 0 Å². The van der Waals surface area contributed by atoms with Gasteiger partial charge in [0.1, 0.15) is 0 Å². The van der Waals surface area contributed by atoms with Crippen LogP contribution in [-0.4, -0.2) is 0 Å². The molecule has 13 heavy (non-hydrogen) atoms. The molecule has 0 amide bonds. The molecule has 3 heteroatoms. The van der Waals surface area contributed by atoms with Crippen molar-refractivity contribution in [1.82, 2.24) is 0 Å². The molecule has 1 saturated carbocycles. The van der Waals surface area contributed by atoms with Crippen LogP contribution >= 0.6 is 38.4 Å². The quantitative estimate of drug-likeness (QED) is 0.414. The summed E-state index contributed by atoms with van der Waals surface area (Å²) in [7, 11) is 0. The summed E-state index contributed by atoms with van der Waals surface area (Å²) >= 11 is 5.24. The second-order valence-corrected chi connectivity index (χ2v) is 16.6. The molecule has 0 heterocycles. The molecule has 1 fully saturated rings. The molecule has 2 aliphatic carbocycles. The summed E-state index contributed by atoms with van der Waals surface area (Å²) in [4.78, 5) is 0. The van der Waals surface area contributed by atoms with Crippen LogP contribution in [0, 0.1) is 11.8 Å². The van der Waals surface area contributed by atoms with E-state index in [-0.39, 0.29) is 0 Å². The van der Waals surface area contributed by atoms with Crippen molar-refractivity contribution in [3.05, 3.63) is 24.3 Å². The Morgan fingerprint density at radius 1 is 1.00 bits per heavy atom. The van der Waals surface area contributed by atoms with Crippen molar-refractivity contribution in [2.45, 2.75) is 25.7 Å². The molecule has 0 atom stereocenters. The molecule has 72 valence electrons. The van der Waals surface area contributed by atoms with Crippen LogP contribution in [0.2, 0.25) is 0 Å². The van der Waals surface area contributed by atoms with Crippen molar-refractivity contribution in [3.63, 3.8) is 0 Å². The minimum atomic E-state index is 0.440. The van der Waals surface area contributed by atoms with Crippen LogP contribution in [0.3, 0.4) is 0 Å². The van der Waals surface area contributed by atoms with E-state index in [2.05, 4.69) is 62.7 Å². The van der Waals surface area contributed by atoms with E-state index in [0.29, 0.717) is 11.7 Å². The van der Waals surface area contributed by atoms with Gasteiger partial charge in [0.2, 0.25) is 0 Å². The Bertz CT molecular complexity index is 171. The fourth-order valence-electron chi connectivity index (χ4n) is 2.11. The summed E-state index contributed by atoms with van der Waals surface area (Å²) in [5.41, 5.74) is 0. The van der Waals surface area contributed by atoms with Crippen molar-refractivity contribution < 1.29 is 11.7 Å². The van der Waals surface area contributed by atoms with Crippen LogP contribution in [-0.2, 0) is 11.7 Å². The first kappa shape index (κ1) is 12.7. The van der Waals surface area contributed by atoms with Crippen LogP contribution < -0.4 is 0 Å². The third kappa shape index (κ3) is 4.80. The Balaban J connectivity index is 0.000000251. The van der Waals surface area contributed by atoms with E-state index in [1.807, 2.05) is 0 Å². The van der Waals surface area contributed by atoms with Gasteiger partial charge in [-0.1, -0.05) is 37.1 Å². The molecule has 0 N–H and O–H groups in total. The molecule has 0 aromatic heterocycles. The number of allylic oxidation sites excluding steroid dienone is 4. The van der Waals surface area contributed by atoms with Gasteiger partial charge in [0.15, 0.2) is 0 Å². The van der Waals surface area contributed by atoms with Gasteiger partial charge in [0.05, 0.1) is 0 Å². The molecule has 0 unspecified atom stereocenters. The standard InChI is InChI=1S/C10H14.2HI.Ti/c1-2-6-9(5-1)10-7-3-4-8-10;;;/h1-2,5-6,9-10H,3-4,7-8H2;2*1H;/q;;;+2/p-2. The number of rotatable bonds is 1. The van der Waals surface area contributed by atoms with E-state index in [1.165, 1.54) is 25.7 Å². The molecule has 0 aromatic carbocycles. The average molecular weight is 436 g/mol. The zero-order valence-electron chi connectivity index (χ0n) is 7.55. The molecule has 2 rings (SSSR count). The van der Waals surface area contributed by atoms with Gasteiger partial charge in [0.25, 0.3) is 0 Å². The summed E-state index contributed by atoms with van der Waals surface area (Å²) < 4.78 is 0. The van der Waals surface area contributed by atoms with Crippen molar-refractivity contribution in [1.29, 1.82) is 0 Å². The fourth-order valence-corrected chi connectivity index (χ4v) is 2.11. The minimum absolute atomic E-state index is 0.440. The SMILES string of the molecule is C1=CC(C2CCCC2)C=C1.[I][Ti][I]. The van der Waals surface area contributed by atoms with Crippen molar-refractivity contribution in [3.8, 4) is 0 Å². The first-order valence-electron chi connectivity index (χ1n) is 4.69. The van der Waals surface area contributed by atoms with Gasteiger partial charge in [0, 0.05) is 0 Å². The summed E-state index contributed by atoms with van der Waals surface area (Å²) in [6, 6.07) is 0. The molecule has 0 bridgehead atoms. The predicted molar refractivity (Wildman–Crippen MR) is 71.8 cm³/mol. The van der Waals surface area contributed by atoms with Gasteiger partial charge in [-0.2, -0.15) is 0 Å². The number of hydrogen-bond donors (Lipinski definition) is 0. The molecule has 0 spiro atoms. The number of halogens is 2. The Hall–Kier alpha value is 1.65. The van der Waals surface area contributed by atoms with E-state index in [9.17, 15) is 0 Å². The number of hydrogen-bond acceptors (Lipinski definition) is 0. The Morgan fingerprint density at radius 2 is 1.46 bits per heavy atom. The van der Waals surface area contributed by atoms with E-state index >= 15 is 0 Å². The van der Waals surface area contributed by atoms with Crippen molar-refractivity contribution in [2.24, 2.45) is 11.8 Å². The van der Waals surface area contributed by atoms with Crippen LogP contribution in [0.4, 0.5) is 0 Å². The van der Waals surface area contributed by atoms with Gasteiger partial charge in [-0.05, 0) is 24.7 Å². The van der Waals surface area contributed by atoms with E-state index in [1.54, 1.807) is 0 Å². The van der Waals surface area contributed by atoms with Gasteiger partial charge in [-0.25, -0.2) is 0 Å². The van der Waals surface area contributed by atoms with Crippen LogP contribution in [0.1, 0.15) is 25.7 Å². The fraction of sp³-hybridized carbons (Fsp3) is 0.600. The third-order valence-electron chi connectivity index (χ3n) is 2.72. The zero-order chi connectivity index (χ0) is 9.52. The first-order chi connectivity index (χ1) is 6.38. The van der Waals surface area contributed by atoms with Gasteiger partial charge in [-0.3, -0.25) is 0 Å². The topological polar surface area (TPSA) is 0 Å². The van der Waals surface area contributed by atoms with E-state index in [0.717, 1.165) is 11.8 Å². The van der Waals surface area contributed by atoms with Crippen LogP contribution in [0.15, 0.2) is 24.3 Å². The second-order valence-electron chi connectivity index (χ2n) is 3.46. The van der Waals surface area contributed by atoms with Crippen molar-refractivity contribution in [2.75, 3.05) is 0 Å². The molecule has 0 saturated heterocycles. The Morgan fingerprint density at radius 3 is 1.92 bits per heavy atom. The Kier molecular flexibility index (Phi) is 7.71. The van der Waals surface area contributed by atoms with Crippen molar-refractivity contribution >= 4 is 38.4 Å². The van der Waals surface area contributed by atoms with E-state index in [4.69, 9.17) is 0 Å². The molecule has 0 nitrogen and oxygen atoms in total. The maximum absolute atomic E-state index is 2.40. The zero-order valence-corrected chi connectivity index (χ0v) is 13.4. The molecular formula is C10H14I2Ti. The third-order valence-corrected chi connectivity index (χ3v) is 2.72. The first-order valence-corrected chi connectivity index (χ1v) is 14.8. The summed E-state index contributed by atoms with van der Waals surface area (Å²) in [6.45, 7) is 0. The van der Waals surface area contributed by atoms with Gasteiger partial charge >= 0.3 is 50.0 Å². The second kappa shape index (κ2) is 7.88. The summed E-state index contributed by atoms with van der Waals surface area (Å²) in [6.07, 6.45) is 14.9. The van der Waals surface area contributed by atoms with E-state index < -0.39 is 0 Å². The van der Waals surface area contributed by atoms with Gasteiger partial charge in [-0.15, -0.1) is 0 Å². The summed E-state index contributed by atoms with van der Waals surface area (Å²) in [5, 5.41) is 0. The maximum atomic E-state index is 2.40. The molecular weight excluding hydrogens is 422 g/mol. The average Bonchev–Trinajstić information content (AvgIpc) is 2.78. The predicted octanol–water partition coefficient (Wildman–Crippen LogP) is 4.69. The summed E-state index contributed by atoms with van der Waals surface area (Å²) in [5.74, 6) is 1.78. The molecule has 0 aliphatic heterocycles. The molecule has 2 aliphatic rings. The normalized spacial score (nSPS) is 21.7. The Labute approximate surface area is 110 Å².